The number of carbonyl (C=O) groups excluding carboxylic acids is 1. The summed E-state index contributed by atoms with van der Waals surface area (Å²) in [7, 11) is 0. The Balaban J connectivity index is 2.06. The summed E-state index contributed by atoms with van der Waals surface area (Å²) in [5.74, 6) is 0.120. The van der Waals surface area contributed by atoms with E-state index in [1.54, 1.807) is 0 Å². The van der Waals surface area contributed by atoms with Crippen LogP contribution in [0.1, 0.15) is 137 Å². The van der Waals surface area contributed by atoms with Crippen LogP contribution in [0.5, 0.6) is 0 Å². The number of esters is 1. The average Bonchev–Trinajstić information content (AvgIpc) is 2.77. The Morgan fingerprint density at radius 1 is 0.938 bits per heavy atom. The third-order valence-electron chi connectivity index (χ3n) is 6.63. The molecule has 0 fully saturated rings. The van der Waals surface area contributed by atoms with E-state index in [0.717, 1.165) is 51.4 Å². The van der Waals surface area contributed by atoms with Crippen molar-refractivity contribution in [1.29, 1.82) is 0 Å². The second kappa shape index (κ2) is 19.2. The fourth-order valence-corrected chi connectivity index (χ4v) is 4.40. The zero-order valence-electron chi connectivity index (χ0n) is 21.9. The number of unbranched alkanes of at least 4 members (excludes halogenated alkanes) is 9. The molecule has 0 aromatic heterocycles. The zero-order valence-corrected chi connectivity index (χ0v) is 21.9. The number of rotatable bonds is 18. The molecule has 1 unspecified atom stereocenters. The van der Waals surface area contributed by atoms with Crippen molar-refractivity contribution in [2.75, 3.05) is 6.61 Å². The van der Waals surface area contributed by atoms with Gasteiger partial charge >= 0.3 is 5.97 Å². The van der Waals surface area contributed by atoms with E-state index < -0.39 is 0 Å². The minimum Gasteiger partial charge on any atom is -0.465 e. The predicted molar refractivity (Wildman–Crippen MR) is 140 cm³/mol. The van der Waals surface area contributed by atoms with Gasteiger partial charge in [0.2, 0.25) is 0 Å². The Labute approximate surface area is 200 Å². The highest BCUT2D eigenvalue weighted by Gasteiger charge is 2.22. The summed E-state index contributed by atoms with van der Waals surface area (Å²) >= 11 is 0. The van der Waals surface area contributed by atoms with Crippen LogP contribution in [0, 0.1) is 5.92 Å². The van der Waals surface area contributed by atoms with E-state index in [2.05, 4.69) is 45.9 Å². The molecule has 0 aromatic rings. The van der Waals surface area contributed by atoms with E-state index >= 15 is 0 Å². The van der Waals surface area contributed by atoms with Crippen molar-refractivity contribution in [3.8, 4) is 0 Å². The summed E-state index contributed by atoms with van der Waals surface area (Å²) in [6.45, 7) is 9.45. The number of allylic oxidation sites excluding steroid dienone is 6. The van der Waals surface area contributed by atoms with Gasteiger partial charge in [-0.2, -0.15) is 0 Å². The van der Waals surface area contributed by atoms with Crippen molar-refractivity contribution in [2.45, 2.75) is 137 Å². The van der Waals surface area contributed by atoms with E-state index in [-0.39, 0.29) is 11.9 Å². The van der Waals surface area contributed by atoms with Crippen LogP contribution in [0.3, 0.4) is 0 Å². The van der Waals surface area contributed by atoms with Gasteiger partial charge in [-0.05, 0) is 72.1 Å². The highest BCUT2D eigenvalue weighted by atomic mass is 16.5. The second-order valence-electron chi connectivity index (χ2n) is 10.1. The van der Waals surface area contributed by atoms with E-state index in [9.17, 15) is 4.79 Å². The van der Waals surface area contributed by atoms with Crippen LogP contribution >= 0.6 is 0 Å². The lowest BCUT2D eigenvalue weighted by Crippen LogP contribution is -2.20. The van der Waals surface area contributed by atoms with Crippen molar-refractivity contribution in [3.05, 3.63) is 34.9 Å². The van der Waals surface area contributed by atoms with Crippen molar-refractivity contribution in [3.63, 3.8) is 0 Å². The predicted octanol–water partition coefficient (Wildman–Crippen LogP) is 9.65. The minimum atomic E-state index is 0.0336. The van der Waals surface area contributed by atoms with Crippen LogP contribution < -0.4 is 0 Å². The van der Waals surface area contributed by atoms with Gasteiger partial charge in [0.05, 0.1) is 12.5 Å². The van der Waals surface area contributed by atoms with Gasteiger partial charge in [-0.3, -0.25) is 4.79 Å². The normalized spacial score (nSPS) is 16.6. The lowest BCUT2D eigenvalue weighted by atomic mass is 9.87. The Hall–Kier alpha value is -1.31. The first-order chi connectivity index (χ1) is 15.5. The molecule has 0 amide bonds. The molecule has 2 heteroatoms. The molecule has 1 rings (SSSR count). The third-order valence-corrected chi connectivity index (χ3v) is 6.63. The Morgan fingerprint density at radius 3 is 2.19 bits per heavy atom. The van der Waals surface area contributed by atoms with Gasteiger partial charge in [0.25, 0.3) is 0 Å². The highest BCUT2D eigenvalue weighted by molar-refractivity contribution is 5.72. The monoisotopic (exact) mass is 444 g/mol. The molecule has 1 aliphatic carbocycles. The van der Waals surface area contributed by atoms with Gasteiger partial charge in [0.15, 0.2) is 0 Å². The van der Waals surface area contributed by atoms with E-state index in [1.807, 2.05) is 0 Å². The van der Waals surface area contributed by atoms with Gasteiger partial charge in [0, 0.05) is 0 Å². The molecule has 0 bridgehead atoms. The van der Waals surface area contributed by atoms with Gasteiger partial charge < -0.3 is 4.74 Å². The summed E-state index contributed by atoms with van der Waals surface area (Å²) in [5, 5.41) is 0. The van der Waals surface area contributed by atoms with Crippen molar-refractivity contribution in [1.82, 2.24) is 0 Å². The van der Waals surface area contributed by atoms with Crippen molar-refractivity contribution < 1.29 is 9.53 Å². The van der Waals surface area contributed by atoms with Crippen molar-refractivity contribution in [2.24, 2.45) is 5.92 Å². The maximum atomic E-state index is 12.4. The molecule has 0 saturated carbocycles. The van der Waals surface area contributed by atoms with Gasteiger partial charge in [0.1, 0.15) is 0 Å². The van der Waals surface area contributed by atoms with Crippen LogP contribution in [0.25, 0.3) is 0 Å². The molecule has 0 aromatic carbocycles. The van der Waals surface area contributed by atoms with Gasteiger partial charge in [-0.25, -0.2) is 0 Å². The summed E-state index contributed by atoms with van der Waals surface area (Å²) in [6, 6.07) is 0. The number of carbonyl (C=O) groups is 1. The molecule has 1 aliphatic rings. The Kier molecular flexibility index (Phi) is 17.2. The number of hydrogen-bond donors (Lipinski definition) is 0. The first kappa shape index (κ1) is 28.7. The molecule has 1 atom stereocenters. The maximum Gasteiger partial charge on any atom is 0.309 e. The Morgan fingerprint density at radius 2 is 1.59 bits per heavy atom. The van der Waals surface area contributed by atoms with E-state index in [1.165, 1.54) is 74.5 Å². The maximum absolute atomic E-state index is 12.4. The molecule has 0 heterocycles. The summed E-state index contributed by atoms with van der Waals surface area (Å²) in [6.07, 6.45) is 27.6. The highest BCUT2D eigenvalue weighted by Crippen LogP contribution is 2.27. The van der Waals surface area contributed by atoms with Crippen LogP contribution in [0.15, 0.2) is 34.9 Å². The quantitative estimate of drug-likeness (QED) is 0.119. The average molecular weight is 445 g/mol. The molecule has 184 valence electrons. The van der Waals surface area contributed by atoms with Crippen LogP contribution in [0.2, 0.25) is 0 Å². The molecule has 0 spiro atoms. The molecular weight excluding hydrogens is 392 g/mol. The molecule has 2 nitrogen and oxygen atoms in total. The zero-order chi connectivity index (χ0) is 23.4. The van der Waals surface area contributed by atoms with Crippen molar-refractivity contribution >= 4 is 5.97 Å². The molecule has 0 aliphatic heterocycles. The summed E-state index contributed by atoms with van der Waals surface area (Å²) in [4.78, 5) is 12.4. The minimum absolute atomic E-state index is 0.0336. The van der Waals surface area contributed by atoms with Crippen LogP contribution in [-0.2, 0) is 9.53 Å². The molecule has 32 heavy (non-hydrogen) atoms. The number of hydrogen-bond acceptors (Lipinski definition) is 2. The first-order valence-corrected chi connectivity index (χ1v) is 13.7. The topological polar surface area (TPSA) is 26.3 Å². The smallest absolute Gasteiger partial charge is 0.309 e. The SMILES string of the molecule is CCCCCCCCCCCCOC(=O)C1CC=C(CCC=C(C)CCC=C(C)C)CC1. The first-order valence-electron chi connectivity index (χ1n) is 13.7. The standard InChI is InChI=1S/C30H52O2/c1-5-6-7-8-9-10-11-12-13-14-25-32-30(31)29-23-21-28(22-24-29)20-16-19-27(4)18-15-17-26(2)3/h17,19,21,29H,5-16,18,20,22-25H2,1-4H3. The summed E-state index contributed by atoms with van der Waals surface area (Å²) < 4.78 is 5.57. The van der Waals surface area contributed by atoms with E-state index in [4.69, 9.17) is 4.74 Å². The fourth-order valence-electron chi connectivity index (χ4n) is 4.40. The Bertz CT molecular complexity index is 578. The largest absolute Gasteiger partial charge is 0.465 e. The van der Waals surface area contributed by atoms with Gasteiger partial charge in [-0.1, -0.05) is 99.7 Å². The number of ether oxygens (including phenoxy) is 1. The fraction of sp³-hybridized carbons (Fsp3) is 0.767. The molecular formula is C30H52O2. The van der Waals surface area contributed by atoms with E-state index in [0.29, 0.717) is 6.61 Å². The van der Waals surface area contributed by atoms with Gasteiger partial charge in [-0.15, -0.1) is 0 Å². The third kappa shape index (κ3) is 15.5. The second-order valence-corrected chi connectivity index (χ2v) is 10.1. The molecule has 0 saturated heterocycles. The molecule has 0 radical (unpaired) electrons. The molecule has 0 N–H and O–H groups in total. The van der Waals surface area contributed by atoms with Crippen LogP contribution in [0.4, 0.5) is 0 Å². The summed E-state index contributed by atoms with van der Waals surface area (Å²) in [5.41, 5.74) is 4.42. The lowest BCUT2D eigenvalue weighted by molar-refractivity contribution is -0.149. The van der Waals surface area contributed by atoms with Crippen LogP contribution in [-0.4, -0.2) is 12.6 Å². The lowest BCUT2D eigenvalue weighted by Gasteiger charge is -2.20.